The number of hydrogen-bond donors (Lipinski definition) is 0. The van der Waals surface area contributed by atoms with Crippen LogP contribution in [0.3, 0.4) is 0 Å². The number of ether oxygens (including phenoxy) is 1. The second kappa shape index (κ2) is 6.93. The predicted molar refractivity (Wildman–Crippen MR) is 89.8 cm³/mol. The molecular weight excluding hydrogens is 328 g/mol. The van der Waals surface area contributed by atoms with E-state index in [-0.39, 0.29) is 17.4 Å². The fraction of sp³-hybridized carbons (Fsp3) is 0.211. The number of halogens is 2. The molecule has 1 atom stereocenters. The molecule has 4 nitrogen and oxygen atoms in total. The van der Waals surface area contributed by atoms with Crippen molar-refractivity contribution in [3.63, 3.8) is 0 Å². The van der Waals surface area contributed by atoms with Gasteiger partial charge in [-0.3, -0.25) is 4.79 Å². The highest BCUT2D eigenvalue weighted by Gasteiger charge is 2.24. The summed E-state index contributed by atoms with van der Waals surface area (Å²) in [7, 11) is 1.60. The summed E-state index contributed by atoms with van der Waals surface area (Å²) in [5, 5.41) is 0.937. The van der Waals surface area contributed by atoms with Crippen LogP contribution in [0.5, 0.6) is 5.75 Å². The molecule has 0 bridgehead atoms. The van der Waals surface area contributed by atoms with Gasteiger partial charge in [-0.1, -0.05) is 30.3 Å². The maximum atomic E-state index is 12.7. The third kappa shape index (κ3) is 3.47. The zero-order valence-corrected chi connectivity index (χ0v) is 13.8. The van der Waals surface area contributed by atoms with Gasteiger partial charge in [0.2, 0.25) is 0 Å². The van der Waals surface area contributed by atoms with Crippen LogP contribution in [0.2, 0.25) is 0 Å². The zero-order valence-electron chi connectivity index (χ0n) is 13.8. The van der Waals surface area contributed by atoms with Gasteiger partial charge in [-0.05, 0) is 31.2 Å². The van der Waals surface area contributed by atoms with Crippen molar-refractivity contribution >= 4 is 16.9 Å². The van der Waals surface area contributed by atoms with Crippen LogP contribution in [-0.4, -0.2) is 24.5 Å². The lowest BCUT2D eigenvalue weighted by Gasteiger charge is -2.24. The first kappa shape index (κ1) is 17.0. The Balaban J connectivity index is 1.87. The van der Waals surface area contributed by atoms with E-state index in [4.69, 9.17) is 4.42 Å². The van der Waals surface area contributed by atoms with E-state index < -0.39 is 12.5 Å². The van der Waals surface area contributed by atoms with Crippen LogP contribution < -0.4 is 4.74 Å². The normalized spacial score (nSPS) is 12.4. The fourth-order valence-corrected chi connectivity index (χ4v) is 2.61. The number of hydrogen-bond acceptors (Lipinski definition) is 3. The number of furan rings is 1. The first-order chi connectivity index (χ1) is 12.0. The Hall–Kier alpha value is -2.89. The zero-order chi connectivity index (χ0) is 18.0. The van der Waals surface area contributed by atoms with Crippen LogP contribution >= 0.6 is 0 Å². The molecule has 1 amide bonds. The van der Waals surface area contributed by atoms with E-state index in [1.807, 2.05) is 37.3 Å². The number of carbonyl (C=O) groups excluding carboxylic acids is 1. The third-order valence-electron chi connectivity index (χ3n) is 4.09. The largest absolute Gasteiger partial charge is 0.459 e. The number of benzene rings is 2. The first-order valence-electron chi connectivity index (χ1n) is 7.77. The van der Waals surface area contributed by atoms with Gasteiger partial charge in [0.05, 0.1) is 11.6 Å². The molecule has 0 radical (unpaired) electrons. The molecule has 0 fully saturated rings. The quantitative estimate of drug-likeness (QED) is 0.663. The van der Waals surface area contributed by atoms with Crippen LogP contribution in [-0.2, 0) is 0 Å². The molecule has 0 saturated carbocycles. The number of carbonyl (C=O) groups is 1. The van der Waals surface area contributed by atoms with Crippen molar-refractivity contribution in [2.75, 3.05) is 7.05 Å². The van der Waals surface area contributed by atoms with Crippen molar-refractivity contribution in [1.82, 2.24) is 4.90 Å². The summed E-state index contributed by atoms with van der Waals surface area (Å²) in [5.41, 5.74) is 0.805. The molecule has 1 unspecified atom stereocenters. The molecule has 0 aliphatic heterocycles. The fourth-order valence-electron chi connectivity index (χ4n) is 2.61. The van der Waals surface area contributed by atoms with Crippen molar-refractivity contribution in [2.45, 2.75) is 19.6 Å². The van der Waals surface area contributed by atoms with Crippen LogP contribution in [0.4, 0.5) is 8.78 Å². The van der Waals surface area contributed by atoms with Gasteiger partial charge in [-0.15, -0.1) is 0 Å². The minimum atomic E-state index is -2.99. The van der Waals surface area contributed by atoms with Crippen LogP contribution in [0.15, 0.2) is 59.0 Å². The number of nitrogens with zero attached hydrogens (tertiary/aromatic N) is 1. The van der Waals surface area contributed by atoms with Crippen LogP contribution in [0.25, 0.3) is 11.0 Å². The summed E-state index contributed by atoms with van der Waals surface area (Å²) in [6.45, 7) is -1.18. The molecule has 3 aromatic rings. The predicted octanol–water partition coefficient (Wildman–Crippen LogP) is 4.87. The van der Waals surface area contributed by atoms with E-state index in [1.54, 1.807) is 13.1 Å². The number of para-hydroxylation sites is 2. The lowest BCUT2D eigenvalue weighted by Crippen LogP contribution is -2.30. The third-order valence-corrected chi connectivity index (χ3v) is 4.09. The van der Waals surface area contributed by atoms with Gasteiger partial charge >= 0.3 is 6.61 Å². The molecule has 3 rings (SSSR count). The van der Waals surface area contributed by atoms with Crippen molar-refractivity contribution in [1.29, 1.82) is 0 Å². The van der Waals surface area contributed by atoms with Crippen LogP contribution in [0.1, 0.15) is 29.1 Å². The van der Waals surface area contributed by atoms with E-state index in [0.717, 1.165) is 11.0 Å². The van der Waals surface area contributed by atoms with Gasteiger partial charge in [0, 0.05) is 12.4 Å². The van der Waals surface area contributed by atoms with Crippen molar-refractivity contribution in [3.8, 4) is 5.75 Å². The van der Waals surface area contributed by atoms with Gasteiger partial charge in [0.25, 0.3) is 5.91 Å². The minimum Gasteiger partial charge on any atom is -0.459 e. The Morgan fingerprint density at radius 2 is 1.80 bits per heavy atom. The molecule has 1 heterocycles. The number of alkyl halides is 2. The molecule has 130 valence electrons. The number of amides is 1. The highest BCUT2D eigenvalue weighted by molar-refractivity contribution is 5.97. The second-order valence-electron chi connectivity index (χ2n) is 5.65. The van der Waals surface area contributed by atoms with E-state index in [1.165, 1.54) is 23.1 Å². The first-order valence-corrected chi connectivity index (χ1v) is 7.77. The lowest BCUT2D eigenvalue weighted by atomic mass is 10.1. The molecule has 0 aliphatic carbocycles. The molecule has 6 heteroatoms. The smallest absolute Gasteiger partial charge is 0.387 e. The van der Waals surface area contributed by atoms with Gasteiger partial charge in [-0.25, -0.2) is 0 Å². The standard InChI is InChI=1S/C19H17F2NO3/c1-12(17-11-13-7-3-5-9-15(13)24-17)22(2)18(23)14-8-4-6-10-16(14)25-19(20)21/h3-12,19H,1-2H3. The lowest BCUT2D eigenvalue weighted by molar-refractivity contribution is -0.0503. The number of rotatable bonds is 5. The molecular formula is C19H17F2NO3. The van der Waals surface area contributed by atoms with Gasteiger partial charge in [-0.2, -0.15) is 8.78 Å². The summed E-state index contributed by atoms with van der Waals surface area (Å²) in [6, 6.07) is 15.0. The molecule has 0 spiro atoms. The average Bonchev–Trinajstić information content (AvgIpc) is 3.04. The molecule has 0 aliphatic rings. The molecule has 0 N–H and O–H groups in total. The molecule has 2 aromatic carbocycles. The Morgan fingerprint density at radius 1 is 1.12 bits per heavy atom. The highest BCUT2D eigenvalue weighted by atomic mass is 19.3. The second-order valence-corrected chi connectivity index (χ2v) is 5.65. The van der Waals surface area contributed by atoms with E-state index in [9.17, 15) is 13.6 Å². The molecule has 1 aromatic heterocycles. The monoisotopic (exact) mass is 345 g/mol. The Bertz CT molecular complexity index is 858. The Kier molecular flexibility index (Phi) is 4.70. The summed E-state index contributed by atoms with van der Waals surface area (Å²) < 4.78 is 35.3. The summed E-state index contributed by atoms with van der Waals surface area (Å²) in [6.07, 6.45) is 0. The van der Waals surface area contributed by atoms with Crippen molar-refractivity contribution in [3.05, 3.63) is 65.9 Å². The minimum absolute atomic E-state index is 0.0771. The summed E-state index contributed by atoms with van der Waals surface area (Å²) >= 11 is 0. The van der Waals surface area contributed by atoms with Crippen LogP contribution in [0, 0.1) is 0 Å². The maximum Gasteiger partial charge on any atom is 0.387 e. The highest BCUT2D eigenvalue weighted by Crippen LogP contribution is 2.29. The molecule has 0 saturated heterocycles. The van der Waals surface area contributed by atoms with E-state index in [0.29, 0.717) is 5.76 Å². The topological polar surface area (TPSA) is 42.7 Å². The van der Waals surface area contributed by atoms with E-state index >= 15 is 0 Å². The van der Waals surface area contributed by atoms with Crippen molar-refractivity contribution in [2.24, 2.45) is 0 Å². The van der Waals surface area contributed by atoms with Gasteiger partial charge < -0.3 is 14.1 Å². The summed E-state index contributed by atoms with van der Waals surface area (Å²) in [5.74, 6) is 0.0414. The Labute approximate surface area is 143 Å². The van der Waals surface area contributed by atoms with Gasteiger partial charge in [0.1, 0.15) is 17.1 Å². The molecule has 25 heavy (non-hydrogen) atoms. The van der Waals surface area contributed by atoms with E-state index in [2.05, 4.69) is 4.74 Å². The number of fused-ring (bicyclic) bond motifs is 1. The summed E-state index contributed by atoms with van der Waals surface area (Å²) in [4.78, 5) is 14.2. The SMILES string of the molecule is CC(c1cc2ccccc2o1)N(C)C(=O)c1ccccc1OC(F)F. The Morgan fingerprint density at radius 3 is 2.52 bits per heavy atom. The maximum absolute atomic E-state index is 12.7. The van der Waals surface area contributed by atoms with Gasteiger partial charge in [0.15, 0.2) is 0 Å². The van der Waals surface area contributed by atoms with Crippen molar-refractivity contribution < 1.29 is 22.7 Å². The average molecular weight is 345 g/mol.